The zero-order valence-corrected chi connectivity index (χ0v) is 20.2. The summed E-state index contributed by atoms with van der Waals surface area (Å²) < 4.78 is 0. The number of anilines is 1. The minimum atomic E-state index is -0.377. The molecule has 4 rings (SSSR count). The van der Waals surface area contributed by atoms with Crippen LogP contribution in [0.4, 0.5) is 5.69 Å². The van der Waals surface area contributed by atoms with E-state index in [-0.39, 0.29) is 11.6 Å². The molecule has 1 N–H and O–H groups in total. The number of amides is 1. The fourth-order valence-electron chi connectivity index (χ4n) is 4.01. The molecule has 32 heavy (non-hydrogen) atoms. The number of thioether (sulfide) groups is 1. The number of rotatable bonds is 5. The summed E-state index contributed by atoms with van der Waals surface area (Å²) in [5.41, 5.74) is 4.93. The number of aliphatic imine (C=N–C) groups is 2. The van der Waals surface area contributed by atoms with E-state index >= 15 is 0 Å². The highest BCUT2D eigenvalue weighted by molar-refractivity contribution is 8.16. The molecular weight excluding hydrogens is 416 g/mol. The highest BCUT2D eigenvalue weighted by Gasteiger charge is 2.39. The molecule has 6 heteroatoms. The third-order valence-electron chi connectivity index (χ3n) is 6.15. The summed E-state index contributed by atoms with van der Waals surface area (Å²) in [7, 11) is 2.14. The van der Waals surface area contributed by atoms with Crippen LogP contribution in [-0.4, -0.2) is 53.1 Å². The summed E-state index contributed by atoms with van der Waals surface area (Å²) in [6.07, 6.45) is 1.83. The zero-order chi connectivity index (χ0) is 22.7. The first kappa shape index (κ1) is 22.7. The monoisotopic (exact) mass is 448 g/mol. The summed E-state index contributed by atoms with van der Waals surface area (Å²) in [5.74, 6) is 0.760. The fourth-order valence-corrected chi connectivity index (χ4v) is 4.88. The van der Waals surface area contributed by atoms with Crippen molar-refractivity contribution in [1.29, 1.82) is 0 Å². The number of carbonyl (C=O) groups excluding carboxylic acids is 1. The predicted molar refractivity (Wildman–Crippen MR) is 136 cm³/mol. The van der Waals surface area contributed by atoms with Crippen LogP contribution >= 0.6 is 11.8 Å². The second-order valence-corrected chi connectivity index (χ2v) is 10.1. The van der Waals surface area contributed by atoms with Crippen molar-refractivity contribution in [2.75, 3.05) is 31.2 Å². The Labute approximate surface area is 195 Å². The Kier molecular flexibility index (Phi) is 6.82. The molecule has 1 fully saturated rings. The second kappa shape index (κ2) is 9.59. The maximum atomic E-state index is 12.7. The minimum absolute atomic E-state index is 0.0254. The van der Waals surface area contributed by atoms with Gasteiger partial charge in [0.15, 0.2) is 5.66 Å². The Hall–Kier alpha value is -2.44. The quantitative estimate of drug-likeness (QED) is 0.691. The lowest BCUT2D eigenvalue weighted by atomic mass is 9.99. The van der Waals surface area contributed by atoms with Gasteiger partial charge in [-0.1, -0.05) is 67.6 Å². The molecule has 2 aliphatic rings. The van der Waals surface area contributed by atoms with Gasteiger partial charge in [0.05, 0.1) is 11.5 Å². The molecule has 0 unspecified atom stereocenters. The lowest BCUT2D eigenvalue weighted by Gasteiger charge is -2.33. The maximum absolute atomic E-state index is 12.7. The van der Waals surface area contributed by atoms with Gasteiger partial charge < -0.3 is 10.2 Å². The highest BCUT2D eigenvalue weighted by atomic mass is 32.2. The lowest BCUT2D eigenvalue weighted by Crippen LogP contribution is -2.39. The first-order valence-corrected chi connectivity index (χ1v) is 12.3. The third-order valence-corrected chi connectivity index (χ3v) is 7.11. The van der Waals surface area contributed by atoms with E-state index in [2.05, 4.69) is 74.4 Å². The standard InChI is InChI=1S/C26H32N4OS/c1-18(2)20-9-11-22(12-10-20)27-23(31)17-32-25-24(21-7-5-19(3)6-8-21)28-26(29-25)13-15-30(4)16-14-26/h5-12,18H,13-17H2,1-4H3,(H,27,31). The molecule has 2 aromatic carbocycles. The summed E-state index contributed by atoms with van der Waals surface area (Å²) >= 11 is 1.49. The van der Waals surface area contributed by atoms with Gasteiger partial charge >= 0.3 is 0 Å². The molecule has 1 spiro atoms. The minimum Gasteiger partial charge on any atom is -0.325 e. The summed E-state index contributed by atoms with van der Waals surface area (Å²) in [6, 6.07) is 16.5. The second-order valence-electron chi connectivity index (χ2n) is 9.14. The first-order valence-electron chi connectivity index (χ1n) is 11.3. The van der Waals surface area contributed by atoms with Gasteiger partial charge in [0, 0.05) is 37.2 Å². The number of hydrogen-bond acceptors (Lipinski definition) is 5. The van der Waals surface area contributed by atoms with Gasteiger partial charge in [0.2, 0.25) is 5.91 Å². The Bertz CT molecular complexity index is 1020. The molecule has 168 valence electrons. The number of benzene rings is 2. The molecule has 0 atom stereocenters. The van der Waals surface area contributed by atoms with E-state index in [4.69, 9.17) is 9.98 Å². The topological polar surface area (TPSA) is 57.1 Å². The fraction of sp³-hybridized carbons (Fsp3) is 0.423. The largest absolute Gasteiger partial charge is 0.325 e. The number of nitrogens with one attached hydrogen (secondary N) is 1. The van der Waals surface area contributed by atoms with Crippen LogP contribution in [0.3, 0.4) is 0 Å². The molecule has 5 nitrogen and oxygen atoms in total. The van der Waals surface area contributed by atoms with Crippen LogP contribution in [0.15, 0.2) is 58.5 Å². The molecule has 1 saturated heterocycles. The molecule has 1 amide bonds. The molecule has 0 radical (unpaired) electrons. The van der Waals surface area contributed by atoms with E-state index in [1.165, 1.54) is 22.9 Å². The van der Waals surface area contributed by atoms with Crippen molar-refractivity contribution < 1.29 is 4.79 Å². The van der Waals surface area contributed by atoms with E-state index in [0.717, 1.165) is 47.9 Å². The molecule has 0 aliphatic carbocycles. The number of piperidine rings is 1. The van der Waals surface area contributed by atoms with Gasteiger partial charge in [-0.05, 0) is 37.6 Å². The van der Waals surface area contributed by atoms with Gasteiger partial charge in [-0.15, -0.1) is 0 Å². The van der Waals surface area contributed by atoms with Crippen molar-refractivity contribution in [3.8, 4) is 0 Å². The molecular formula is C26H32N4OS. The van der Waals surface area contributed by atoms with Gasteiger partial charge in [-0.3, -0.25) is 9.79 Å². The first-order chi connectivity index (χ1) is 15.3. The number of likely N-dealkylation sites (tertiary alicyclic amines) is 1. The van der Waals surface area contributed by atoms with Gasteiger partial charge in [0.1, 0.15) is 5.04 Å². The zero-order valence-electron chi connectivity index (χ0n) is 19.4. The third kappa shape index (κ3) is 5.30. The van der Waals surface area contributed by atoms with Crippen molar-refractivity contribution in [1.82, 2.24) is 4.90 Å². The number of carbonyl (C=O) groups is 1. The van der Waals surface area contributed by atoms with Gasteiger partial charge in [-0.25, -0.2) is 4.99 Å². The summed E-state index contributed by atoms with van der Waals surface area (Å²) in [4.78, 5) is 25.2. The molecule has 0 bridgehead atoms. The molecule has 2 aromatic rings. The smallest absolute Gasteiger partial charge is 0.234 e. The van der Waals surface area contributed by atoms with E-state index < -0.39 is 0 Å². The highest BCUT2D eigenvalue weighted by Crippen LogP contribution is 2.35. The van der Waals surface area contributed by atoms with Crippen LogP contribution in [0.1, 0.15) is 49.3 Å². The Morgan fingerprint density at radius 1 is 1.06 bits per heavy atom. The molecule has 2 aliphatic heterocycles. The van der Waals surface area contributed by atoms with Crippen molar-refractivity contribution >= 4 is 34.1 Å². The van der Waals surface area contributed by atoms with E-state index in [9.17, 15) is 4.79 Å². The number of hydrogen-bond donors (Lipinski definition) is 1. The molecule has 0 saturated carbocycles. The molecule has 2 heterocycles. The van der Waals surface area contributed by atoms with Crippen molar-refractivity contribution in [2.45, 2.75) is 45.2 Å². The lowest BCUT2D eigenvalue weighted by molar-refractivity contribution is -0.113. The Morgan fingerprint density at radius 2 is 1.72 bits per heavy atom. The van der Waals surface area contributed by atoms with Crippen molar-refractivity contribution in [3.63, 3.8) is 0 Å². The number of nitrogens with zero attached hydrogens (tertiary/aromatic N) is 3. The predicted octanol–water partition coefficient (Wildman–Crippen LogP) is 5.11. The van der Waals surface area contributed by atoms with Crippen LogP contribution in [0.2, 0.25) is 0 Å². The van der Waals surface area contributed by atoms with E-state index in [1.807, 2.05) is 12.1 Å². The van der Waals surface area contributed by atoms with Crippen LogP contribution in [0, 0.1) is 6.92 Å². The van der Waals surface area contributed by atoms with Crippen molar-refractivity contribution in [2.24, 2.45) is 9.98 Å². The Balaban J connectivity index is 1.46. The van der Waals surface area contributed by atoms with E-state index in [0.29, 0.717) is 11.7 Å². The SMILES string of the molecule is Cc1ccc(C2=NC3(CCN(C)CC3)N=C2SCC(=O)Nc2ccc(C(C)C)cc2)cc1. The van der Waals surface area contributed by atoms with Crippen LogP contribution in [-0.2, 0) is 4.79 Å². The summed E-state index contributed by atoms with van der Waals surface area (Å²) in [5, 5.41) is 3.89. The average molecular weight is 449 g/mol. The normalized spacial score (nSPS) is 18.0. The molecule has 0 aromatic heterocycles. The van der Waals surface area contributed by atoms with E-state index in [1.54, 1.807) is 0 Å². The number of aryl methyl sites for hydroxylation is 1. The Morgan fingerprint density at radius 3 is 2.34 bits per heavy atom. The maximum Gasteiger partial charge on any atom is 0.234 e. The van der Waals surface area contributed by atoms with Crippen molar-refractivity contribution in [3.05, 3.63) is 65.2 Å². The summed E-state index contributed by atoms with van der Waals surface area (Å²) in [6.45, 7) is 8.38. The average Bonchev–Trinajstić information content (AvgIpc) is 3.14. The van der Waals surface area contributed by atoms with Gasteiger partial charge in [0.25, 0.3) is 0 Å². The van der Waals surface area contributed by atoms with Gasteiger partial charge in [-0.2, -0.15) is 0 Å². The van der Waals surface area contributed by atoms with Crippen LogP contribution in [0.5, 0.6) is 0 Å². The van der Waals surface area contributed by atoms with Crippen LogP contribution in [0.25, 0.3) is 0 Å². The van der Waals surface area contributed by atoms with Crippen LogP contribution < -0.4 is 5.32 Å².